The molecule has 74 valence electrons. The van der Waals surface area contributed by atoms with Gasteiger partial charge < -0.3 is 14.2 Å². The molecule has 2 bridgehead atoms. The second kappa shape index (κ2) is 2.94. The van der Waals surface area contributed by atoms with Crippen molar-refractivity contribution in [2.45, 2.75) is 31.7 Å². The van der Waals surface area contributed by atoms with Gasteiger partial charge in [0.25, 0.3) is 5.97 Å². The third-order valence-electron chi connectivity index (χ3n) is 3.42. The largest absolute Gasteiger partial charge is 0.327 e. The molecule has 0 atom stereocenters. The Kier molecular flexibility index (Phi) is 1.86. The lowest BCUT2D eigenvalue weighted by atomic mass is 10.0. The van der Waals surface area contributed by atoms with Crippen LogP contribution >= 0.6 is 0 Å². The molecule has 1 saturated carbocycles. The molecule has 0 radical (unpaired) electrons. The van der Waals surface area contributed by atoms with E-state index >= 15 is 0 Å². The highest BCUT2D eigenvalue weighted by molar-refractivity contribution is 4.83. The molecular weight excluding hydrogens is 168 g/mol. The van der Waals surface area contributed by atoms with E-state index in [-0.39, 0.29) is 0 Å². The lowest BCUT2D eigenvalue weighted by Crippen LogP contribution is -2.57. The summed E-state index contributed by atoms with van der Waals surface area (Å²) in [6, 6.07) is 0. The summed E-state index contributed by atoms with van der Waals surface area (Å²) >= 11 is 0. The van der Waals surface area contributed by atoms with Gasteiger partial charge in [0, 0.05) is 11.8 Å². The van der Waals surface area contributed by atoms with Crippen molar-refractivity contribution in [2.75, 3.05) is 19.8 Å². The molecule has 0 amide bonds. The molecule has 3 heterocycles. The summed E-state index contributed by atoms with van der Waals surface area (Å²) < 4.78 is 17.1. The van der Waals surface area contributed by atoms with Gasteiger partial charge in [-0.1, -0.05) is 12.8 Å². The van der Waals surface area contributed by atoms with Gasteiger partial charge >= 0.3 is 0 Å². The van der Waals surface area contributed by atoms with E-state index in [1.165, 1.54) is 25.7 Å². The second-order valence-corrected chi connectivity index (χ2v) is 4.38. The van der Waals surface area contributed by atoms with Crippen LogP contribution in [0.3, 0.4) is 0 Å². The number of ether oxygens (including phenoxy) is 3. The van der Waals surface area contributed by atoms with E-state index in [1.807, 2.05) is 0 Å². The Morgan fingerprint density at radius 1 is 0.846 bits per heavy atom. The first kappa shape index (κ1) is 8.21. The van der Waals surface area contributed by atoms with Crippen LogP contribution in [-0.2, 0) is 14.2 Å². The van der Waals surface area contributed by atoms with Crippen LogP contribution in [0.25, 0.3) is 0 Å². The molecule has 4 fully saturated rings. The average molecular weight is 184 g/mol. The summed E-state index contributed by atoms with van der Waals surface area (Å²) in [7, 11) is 0. The molecule has 1 aliphatic carbocycles. The van der Waals surface area contributed by atoms with Crippen LogP contribution in [-0.4, -0.2) is 25.8 Å². The molecular formula is C10H16O3. The zero-order valence-corrected chi connectivity index (χ0v) is 7.83. The molecule has 0 spiro atoms. The van der Waals surface area contributed by atoms with Gasteiger partial charge in [-0.05, 0) is 12.8 Å². The van der Waals surface area contributed by atoms with Gasteiger partial charge in [-0.25, -0.2) is 0 Å². The van der Waals surface area contributed by atoms with Crippen LogP contribution in [0.4, 0.5) is 0 Å². The van der Waals surface area contributed by atoms with Gasteiger partial charge in [-0.3, -0.25) is 0 Å². The van der Waals surface area contributed by atoms with Crippen molar-refractivity contribution in [2.24, 2.45) is 11.8 Å². The van der Waals surface area contributed by atoms with Crippen molar-refractivity contribution in [1.82, 2.24) is 0 Å². The molecule has 4 aliphatic rings. The Hall–Kier alpha value is -0.120. The van der Waals surface area contributed by atoms with E-state index in [2.05, 4.69) is 0 Å². The smallest absolute Gasteiger partial charge is 0.285 e. The van der Waals surface area contributed by atoms with E-state index in [4.69, 9.17) is 14.2 Å². The van der Waals surface area contributed by atoms with Crippen LogP contribution in [0.15, 0.2) is 0 Å². The topological polar surface area (TPSA) is 27.7 Å². The Labute approximate surface area is 78.3 Å². The third-order valence-corrected chi connectivity index (χ3v) is 3.42. The van der Waals surface area contributed by atoms with Gasteiger partial charge in [-0.2, -0.15) is 0 Å². The standard InChI is InChI=1S/C10H16O3/c1-2-4-9(3-1)10-11-5-8(6-12-10)7-13-10/h8-9H,1-7H2. The van der Waals surface area contributed by atoms with Crippen molar-refractivity contribution in [3.8, 4) is 0 Å². The predicted molar refractivity (Wildman–Crippen MR) is 46.0 cm³/mol. The van der Waals surface area contributed by atoms with Gasteiger partial charge in [0.05, 0.1) is 19.8 Å². The first-order chi connectivity index (χ1) is 6.39. The van der Waals surface area contributed by atoms with Crippen LogP contribution in [0, 0.1) is 11.8 Å². The predicted octanol–water partition coefficient (Wildman–Crippen LogP) is 1.52. The third kappa shape index (κ3) is 1.22. The Morgan fingerprint density at radius 2 is 1.38 bits per heavy atom. The minimum Gasteiger partial charge on any atom is -0.327 e. The molecule has 0 unspecified atom stereocenters. The van der Waals surface area contributed by atoms with Crippen molar-refractivity contribution >= 4 is 0 Å². The molecule has 0 N–H and O–H groups in total. The molecule has 3 nitrogen and oxygen atoms in total. The van der Waals surface area contributed by atoms with E-state index in [0.717, 1.165) is 19.8 Å². The van der Waals surface area contributed by atoms with E-state index in [9.17, 15) is 0 Å². The number of rotatable bonds is 1. The summed E-state index contributed by atoms with van der Waals surface area (Å²) in [4.78, 5) is 0. The first-order valence-corrected chi connectivity index (χ1v) is 5.31. The fourth-order valence-corrected chi connectivity index (χ4v) is 2.60. The van der Waals surface area contributed by atoms with E-state index in [0.29, 0.717) is 11.8 Å². The lowest BCUT2D eigenvalue weighted by Gasteiger charge is -2.48. The van der Waals surface area contributed by atoms with Crippen molar-refractivity contribution in [3.05, 3.63) is 0 Å². The van der Waals surface area contributed by atoms with Gasteiger partial charge in [0.2, 0.25) is 0 Å². The molecule has 0 aromatic heterocycles. The molecule has 0 aromatic rings. The molecule has 0 aromatic carbocycles. The summed E-state index contributed by atoms with van der Waals surface area (Å²) in [5, 5.41) is 0. The fraction of sp³-hybridized carbons (Fsp3) is 1.00. The zero-order valence-electron chi connectivity index (χ0n) is 7.83. The summed E-state index contributed by atoms with van der Waals surface area (Å²) in [5.41, 5.74) is 0. The Balaban J connectivity index is 1.78. The maximum absolute atomic E-state index is 5.70. The number of fused-ring (bicyclic) bond motifs is 3. The average Bonchev–Trinajstić information content (AvgIpc) is 2.74. The maximum Gasteiger partial charge on any atom is 0.285 e. The molecule has 4 rings (SSSR count). The summed E-state index contributed by atoms with van der Waals surface area (Å²) in [5.74, 6) is 0.322. The van der Waals surface area contributed by atoms with Crippen molar-refractivity contribution < 1.29 is 14.2 Å². The highest BCUT2D eigenvalue weighted by Crippen LogP contribution is 2.43. The minimum absolute atomic E-state index is 0.475. The quantitative estimate of drug-likeness (QED) is 0.618. The lowest BCUT2D eigenvalue weighted by molar-refractivity contribution is -0.467. The minimum atomic E-state index is -0.634. The Bertz CT molecular complexity index is 177. The fourth-order valence-electron chi connectivity index (χ4n) is 2.60. The van der Waals surface area contributed by atoms with Crippen LogP contribution in [0.2, 0.25) is 0 Å². The second-order valence-electron chi connectivity index (χ2n) is 4.38. The van der Waals surface area contributed by atoms with Gasteiger partial charge in [0.1, 0.15) is 0 Å². The van der Waals surface area contributed by atoms with Crippen LogP contribution < -0.4 is 0 Å². The maximum atomic E-state index is 5.70. The van der Waals surface area contributed by atoms with Crippen LogP contribution in [0.1, 0.15) is 25.7 Å². The number of hydrogen-bond donors (Lipinski definition) is 0. The normalized spacial score (nSPS) is 45.7. The highest BCUT2D eigenvalue weighted by atomic mass is 16.9. The molecule has 3 heteroatoms. The molecule has 13 heavy (non-hydrogen) atoms. The van der Waals surface area contributed by atoms with Gasteiger partial charge in [0.15, 0.2) is 0 Å². The van der Waals surface area contributed by atoms with Crippen molar-refractivity contribution in [1.29, 1.82) is 0 Å². The Morgan fingerprint density at radius 3 is 1.92 bits per heavy atom. The highest BCUT2D eigenvalue weighted by Gasteiger charge is 2.50. The molecule has 3 aliphatic heterocycles. The van der Waals surface area contributed by atoms with Crippen LogP contribution in [0.5, 0.6) is 0 Å². The van der Waals surface area contributed by atoms with E-state index in [1.54, 1.807) is 0 Å². The summed E-state index contributed by atoms with van der Waals surface area (Å²) in [6.45, 7) is 2.49. The number of hydrogen-bond acceptors (Lipinski definition) is 3. The first-order valence-electron chi connectivity index (χ1n) is 5.31. The van der Waals surface area contributed by atoms with E-state index < -0.39 is 5.97 Å². The summed E-state index contributed by atoms with van der Waals surface area (Å²) in [6.07, 6.45) is 4.99. The van der Waals surface area contributed by atoms with Crippen molar-refractivity contribution in [3.63, 3.8) is 0 Å². The van der Waals surface area contributed by atoms with Gasteiger partial charge in [-0.15, -0.1) is 0 Å². The zero-order chi connectivity index (χ0) is 8.73. The monoisotopic (exact) mass is 184 g/mol. The SMILES string of the molecule is C1CCC(C23OCC(CO2)CO3)C1. The molecule has 3 saturated heterocycles.